The molecular formula is C20H25BrN4O5. The van der Waals surface area contributed by atoms with Crippen LogP contribution in [0.15, 0.2) is 38.3 Å². The van der Waals surface area contributed by atoms with E-state index in [2.05, 4.69) is 20.9 Å². The van der Waals surface area contributed by atoms with Crippen molar-refractivity contribution in [2.24, 2.45) is 0 Å². The molecule has 162 valence electrons. The summed E-state index contributed by atoms with van der Waals surface area (Å²) in [6.07, 6.45) is 1.96. The molecule has 0 aliphatic heterocycles. The largest absolute Gasteiger partial charge is 0.452 e. The van der Waals surface area contributed by atoms with E-state index in [4.69, 9.17) is 10.5 Å². The van der Waals surface area contributed by atoms with E-state index in [9.17, 15) is 19.2 Å². The summed E-state index contributed by atoms with van der Waals surface area (Å²) in [7, 11) is 0. The predicted molar refractivity (Wildman–Crippen MR) is 118 cm³/mol. The molecule has 0 saturated heterocycles. The Bertz CT molecular complexity index is 1030. The number of carbonyl (C=O) groups excluding carboxylic acids is 2. The van der Waals surface area contributed by atoms with Crippen LogP contribution >= 0.6 is 15.9 Å². The van der Waals surface area contributed by atoms with Crippen LogP contribution in [-0.2, 0) is 16.1 Å². The fraction of sp³-hybridized carbons (Fsp3) is 0.400. The molecule has 1 amide bonds. The molecule has 0 fully saturated rings. The Kier molecular flexibility index (Phi) is 8.40. The van der Waals surface area contributed by atoms with Crippen LogP contribution in [0.4, 0.5) is 11.5 Å². The molecule has 9 nitrogen and oxygen atoms in total. The highest BCUT2D eigenvalue weighted by molar-refractivity contribution is 9.10. The Labute approximate surface area is 182 Å². The van der Waals surface area contributed by atoms with Gasteiger partial charge in [-0.05, 0) is 40.9 Å². The van der Waals surface area contributed by atoms with E-state index in [1.807, 2.05) is 13.8 Å². The van der Waals surface area contributed by atoms with Gasteiger partial charge < -0.3 is 15.4 Å². The van der Waals surface area contributed by atoms with Crippen LogP contribution in [0.3, 0.4) is 0 Å². The van der Waals surface area contributed by atoms with Crippen LogP contribution in [0.25, 0.3) is 0 Å². The average molecular weight is 481 g/mol. The average Bonchev–Trinajstić information content (AvgIpc) is 2.71. The molecule has 0 aliphatic rings. The van der Waals surface area contributed by atoms with Gasteiger partial charge in [-0.25, -0.2) is 9.59 Å². The number of H-pyrrole nitrogens is 1. The van der Waals surface area contributed by atoms with Gasteiger partial charge >= 0.3 is 11.7 Å². The van der Waals surface area contributed by atoms with E-state index in [-0.39, 0.29) is 23.6 Å². The Morgan fingerprint density at radius 1 is 1.20 bits per heavy atom. The van der Waals surface area contributed by atoms with Gasteiger partial charge in [-0.1, -0.05) is 32.4 Å². The van der Waals surface area contributed by atoms with Gasteiger partial charge in [-0.15, -0.1) is 0 Å². The zero-order valence-corrected chi connectivity index (χ0v) is 18.5. The fourth-order valence-electron chi connectivity index (χ4n) is 2.87. The first kappa shape index (κ1) is 23.4. The quantitative estimate of drug-likeness (QED) is 0.529. The number of anilines is 2. The number of unbranched alkanes of at least 4 members (excludes halogenated alkanes) is 1. The predicted octanol–water partition coefficient (Wildman–Crippen LogP) is 2.28. The van der Waals surface area contributed by atoms with Crippen LogP contribution in [0.5, 0.6) is 0 Å². The number of rotatable bonds is 9. The monoisotopic (exact) mass is 480 g/mol. The van der Waals surface area contributed by atoms with Gasteiger partial charge in [0.1, 0.15) is 5.82 Å². The molecule has 0 spiro atoms. The first-order valence-electron chi connectivity index (χ1n) is 9.66. The number of aromatic amines is 1. The second kappa shape index (κ2) is 10.8. The first-order valence-corrected chi connectivity index (χ1v) is 10.5. The van der Waals surface area contributed by atoms with Crippen LogP contribution < -0.4 is 21.9 Å². The second-order valence-electron chi connectivity index (χ2n) is 6.60. The van der Waals surface area contributed by atoms with Crippen molar-refractivity contribution in [3.63, 3.8) is 0 Å². The van der Waals surface area contributed by atoms with E-state index < -0.39 is 29.7 Å². The van der Waals surface area contributed by atoms with Crippen molar-refractivity contribution < 1.29 is 14.3 Å². The summed E-state index contributed by atoms with van der Waals surface area (Å²) >= 11 is 3.26. The number of hydrogen-bond donors (Lipinski definition) is 2. The number of carbonyl (C=O) groups is 2. The number of amides is 1. The van der Waals surface area contributed by atoms with E-state index in [1.54, 1.807) is 24.3 Å². The topological polar surface area (TPSA) is 127 Å². The summed E-state index contributed by atoms with van der Waals surface area (Å²) in [5, 5.41) is 0. The van der Waals surface area contributed by atoms with Crippen LogP contribution in [-0.4, -0.2) is 34.6 Å². The van der Waals surface area contributed by atoms with Crippen LogP contribution in [0, 0.1) is 0 Å². The highest BCUT2D eigenvalue weighted by atomic mass is 79.9. The molecule has 30 heavy (non-hydrogen) atoms. The maximum Gasteiger partial charge on any atom is 0.339 e. The first-order chi connectivity index (χ1) is 14.3. The van der Waals surface area contributed by atoms with Crippen LogP contribution in [0.1, 0.15) is 43.5 Å². The van der Waals surface area contributed by atoms with Gasteiger partial charge in [0.15, 0.2) is 12.3 Å². The Hall–Kier alpha value is -2.88. The standard InChI is InChI=1S/C20H25BrN4O5/c1-3-5-11-24(16-17(22)25(10-4-2)20(29)23-18(16)27)15(26)12-30-19(28)13-8-6-7-9-14(13)21/h6-9H,3-5,10-12,22H2,1-2H3,(H,23,27,29). The molecule has 1 aromatic heterocycles. The van der Waals surface area contributed by atoms with Crippen LogP contribution in [0.2, 0.25) is 0 Å². The van der Waals surface area contributed by atoms with Gasteiger partial charge in [-0.3, -0.25) is 19.1 Å². The number of benzene rings is 1. The summed E-state index contributed by atoms with van der Waals surface area (Å²) in [4.78, 5) is 53.1. The Balaban J connectivity index is 2.32. The number of ether oxygens (including phenoxy) is 1. The molecule has 0 bridgehead atoms. The van der Waals surface area contributed by atoms with Gasteiger partial charge in [0, 0.05) is 17.6 Å². The molecule has 0 saturated carbocycles. The normalized spacial score (nSPS) is 10.6. The number of nitrogens with two attached hydrogens (primary N) is 1. The highest BCUT2D eigenvalue weighted by Crippen LogP contribution is 2.19. The van der Waals surface area contributed by atoms with Gasteiger partial charge in [0.25, 0.3) is 11.5 Å². The molecule has 0 aliphatic carbocycles. The third kappa shape index (κ3) is 5.38. The number of nitrogen functional groups attached to an aromatic ring is 1. The number of nitrogens with one attached hydrogen (secondary N) is 1. The van der Waals surface area contributed by atoms with Crippen molar-refractivity contribution in [1.29, 1.82) is 0 Å². The zero-order chi connectivity index (χ0) is 22.3. The summed E-state index contributed by atoms with van der Waals surface area (Å²) in [5.41, 5.74) is 4.86. The minimum atomic E-state index is -0.758. The lowest BCUT2D eigenvalue weighted by atomic mass is 10.2. The molecule has 0 atom stereocenters. The van der Waals surface area contributed by atoms with E-state index in [0.717, 1.165) is 6.42 Å². The molecule has 0 radical (unpaired) electrons. The van der Waals surface area contributed by atoms with Gasteiger partial charge in [-0.2, -0.15) is 0 Å². The maximum absolute atomic E-state index is 12.9. The van der Waals surface area contributed by atoms with E-state index in [1.165, 1.54) is 9.47 Å². The van der Waals surface area contributed by atoms with E-state index >= 15 is 0 Å². The van der Waals surface area contributed by atoms with Gasteiger partial charge in [0.2, 0.25) is 0 Å². The lowest BCUT2D eigenvalue weighted by Gasteiger charge is -2.24. The van der Waals surface area contributed by atoms with Crippen molar-refractivity contribution >= 4 is 39.3 Å². The summed E-state index contributed by atoms with van der Waals surface area (Å²) in [6, 6.07) is 6.67. The Morgan fingerprint density at radius 2 is 1.90 bits per heavy atom. The third-order valence-corrected chi connectivity index (χ3v) is 5.08. The number of esters is 1. The third-order valence-electron chi connectivity index (χ3n) is 4.39. The second-order valence-corrected chi connectivity index (χ2v) is 7.45. The summed E-state index contributed by atoms with van der Waals surface area (Å²) < 4.78 is 6.91. The van der Waals surface area contributed by atoms with Crippen molar-refractivity contribution in [3.8, 4) is 0 Å². The minimum absolute atomic E-state index is 0.0906. The van der Waals surface area contributed by atoms with Crippen molar-refractivity contribution in [2.45, 2.75) is 39.7 Å². The smallest absolute Gasteiger partial charge is 0.339 e. The Morgan fingerprint density at radius 3 is 2.53 bits per heavy atom. The van der Waals surface area contributed by atoms with Crippen molar-refractivity contribution in [1.82, 2.24) is 9.55 Å². The summed E-state index contributed by atoms with van der Waals surface area (Å²) in [5.74, 6) is -1.38. The fourth-order valence-corrected chi connectivity index (χ4v) is 3.32. The summed E-state index contributed by atoms with van der Waals surface area (Å²) in [6.45, 7) is 3.70. The lowest BCUT2D eigenvalue weighted by Crippen LogP contribution is -2.43. The minimum Gasteiger partial charge on any atom is -0.452 e. The molecule has 3 N–H and O–H groups in total. The number of nitrogens with zero attached hydrogens (tertiary/aromatic N) is 2. The molecule has 0 unspecified atom stereocenters. The van der Waals surface area contributed by atoms with E-state index in [0.29, 0.717) is 23.9 Å². The lowest BCUT2D eigenvalue weighted by molar-refractivity contribution is -0.121. The highest BCUT2D eigenvalue weighted by Gasteiger charge is 2.25. The zero-order valence-electron chi connectivity index (χ0n) is 16.9. The number of aromatic nitrogens is 2. The number of hydrogen-bond acceptors (Lipinski definition) is 6. The molecule has 1 aromatic carbocycles. The molecule has 2 rings (SSSR count). The van der Waals surface area contributed by atoms with Gasteiger partial charge in [0.05, 0.1) is 5.56 Å². The molecule has 2 aromatic rings. The molecule has 1 heterocycles. The van der Waals surface area contributed by atoms with Crippen molar-refractivity contribution in [2.75, 3.05) is 23.8 Å². The maximum atomic E-state index is 12.9. The molecule has 10 heteroatoms. The number of halogens is 1. The van der Waals surface area contributed by atoms with Crippen molar-refractivity contribution in [3.05, 3.63) is 55.1 Å². The molecular weight excluding hydrogens is 456 g/mol. The SMILES string of the molecule is CCCCN(C(=O)COC(=O)c1ccccc1Br)c1c(N)n(CCC)c(=O)[nH]c1=O.